The van der Waals surface area contributed by atoms with Crippen LogP contribution in [0.4, 0.5) is 0 Å². The minimum atomic E-state index is 0.160. The van der Waals surface area contributed by atoms with E-state index >= 15 is 0 Å². The van der Waals surface area contributed by atoms with E-state index in [2.05, 4.69) is 29.2 Å². The van der Waals surface area contributed by atoms with Crippen molar-refractivity contribution >= 4 is 10.8 Å². The summed E-state index contributed by atoms with van der Waals surface area (Å²) in [6, 6.07) is 8.57. The van der Waals surface area contributed by atoms with Gasteiger partial charge in [-0.1, -0.05) is 37.5 Å². The average molecular weight is 226 g/mol. The van der Waals surface area contributed by atoms with Gasteiger partial charge < -0.3 is 5.73 Å². The predicted molar refractivity (Wildman–Crippen MR) is 70.6 cm³/mol. The van der Waals surface area contributed by atoms with Gasteiger partial charge in [0.15, 0.2) is 0 Å². The normalized spacial score (nSPS) is 17.9. The molecule has 0 spiro atoms. The Balaban J connectivity index is 1.92. The molecule has 0 bridgehead atoms. The molecule has 1 unspecified atom stereocenters. The van der Waals surface area contributed by atoms with Crippen LogP contribution in [0.2, 0.25) is 0 Å². The van der Waals surface area contributed by atoms with Gasteiger partial charge in [0.25, 0.3) is 0 Å². The Morgan fingerprint density at radius 1 is 1.29 bits per heavy atom. The summed E-state index contributed by atoms with van der Waals surface area (Å²) in [5.41, 5.74) is 7.60. The second kappa shape index (κ2) is 4.46. The molecule has 17 heavy (non-hydrogen) atoms. The Labute approximate surface area is 102 Å². The second-order valence-electron chi connectivity index (χ2n) is 5.08. The smallest absolute Gasteiger partial charge is 0.0349 e. The standard InChI is InChI=1S/C15H18N2/c16-15(9-11-3-1-4-11)13-6-2-5-12-7-8-17-10-14(12)13/h2,5-8,10-11,15H,1,3-4,9,16H2. The summed E-state index contributed by atoms with van der Waals surface area (Å²) in [7, 11) is 0. The highest BCUT2D eigenvalue weighted by atomic mass is 14.7. The maximum Gasteiger partial charge on any atom is 0.0349 e. The monoisotopic (exact) mass is 226 g/mol. The van der Waals surface area contributed by atoms with Crippen molar-refractivity contribution < 1.29 is 0 Å². The highest BCUT2D eigenvalue weighted by Gasteiger charge is 2.21. The zero-order chi connectivity index (χ0) is 11.7. The lowest BCUT2D eigenvalue weighted by Gasteiger charge is -2.28. The predicted octanol–water partition coefficient (Wildman–Crippen LogP) is 3.42. The van der Waals surface area contributed by atoms with Gasteiger partial charge in [0.2, 0.25) is 0 Å². The Hall–Kier alpha value is -1.41. The number of rotatable bonds is 3. The molecule has 0 radical (unpaired) electrons. The van der Waals surface area contributed by atoms with E-state index in [1.165, 1.54) is 35.6 Å². The molecule has 2 aromatic rings. The number of hydrogen-bond acceptors (Lipinski definition) is 2. The molecular formula is C15H18N2. The van der Waals surface area contributed by atoms with Gasteiger partial charge in [-0.2, -0.15) is 0 Å². The summed E-state index contributed by atoms with van der Waals surface area (Å²) in [4.78, 5) is 4.21. The van der Waals surface area contributed by atoms with Gasteiger partial charge in [-0.3, -0.25) is 4.98 Å². The topological polar surface area (TPSA) is 38.9 Å². The third kappa shape index (κ3) is 2.05. The molecule has 2 heteroatoms. The molecule has 1 aliphatic carbocycles. The van der Waals surface area contributed by atoms with E-state index < -0.39 is 0 Å². The lowest BCUT2D eigenvalue weighted by Crippen LogP contribution is -2.20. The molecule has 1 fully saturated rings. The first-order valence-corrected chi connectivity index (χ1v) is 6.43. The summed E-state index contributed by atoms with van der Waals surface area (Å²) in [5.74, 6) is 0.844. The lowest BCUT2D eigenvalue weighted by atomic mass is 9.79. The number of nitrogens with zero attached hydrogens (tertiary/aromatic N) is 1. The second-order valence-corrected chi connectivity index (χ2v) is 5.08. The fourth-order valence-corrected chi connectivity index (χ4v) is 2.67. The van der Waals surface area contributed by atoms with Crippen molar-refractivity contribution in [1.82, 2.24) is 4.98 Å². The summed E-state index contributed by atoms with van der Waals surface area (Å²) in [6.45, 7) is 0. The van der Waals surface area contributed by atoms with Crippen LogP contribution in [-0.2, 0) is 0 Å². The molecule has 3 rings (SSSR count). The van der Waals surface area contributed by atoms with E-state index in [4.69, 9.17) is 5.73 Å². The Morgan fingerprint density at radius 3 is 2.94 bits per heavy atom. The zero-order valence-electron chi connectivity index (χ0n) is 9.97. The minimum absolute atomic E-state index is 0.160. The average Bonchev–Trinajstić information content (AvgIpc) is 2.33. The number of benzene rings is 1. The summed E-state index contributed by atoms with van der Waals surface area (Å²) >= 11 is 0. The largest absolute Gasteiger partial charge is 0.324 e. The summed E-state index contributed by atoms with van der Waals surface area (Å²) in [5, 5.41) is 2.45. The fraction of sp³-hybridized carbons (Fsp3) is 0.400. The highest BCUT2D eigenvalue weighted by Crippen LogP contribution is 2.35. The van der Waals surface area contributed by atoms with Gasteiger partial charge in [0, 0.05) is 23.8 Å². The van der Waals surface area contributed by atoms with Crippen LogP contribution in [0.5, 0.6) is 0 Å². The van der Waals surface area contributed by atoms with Crippen LogP contribution in [0.25, 0.3) is 10.8 Å². The van der Waals surface area contributed by atoms with E-state index in [1.807, 2.05) is 12.4 Å². The fourth-order valence-electron chi connectivity index (χ4n) is 2.67. The number of hydrogen-bond donors (Lipinski definition) is 1. The van der Waals surface area contributed by atoms with Gasteiger partial charge in [0.1, 0.15) is 0 Å². The van der Waals surface area contributed by atoms with Crippen LogP contribution in [-0.4, -0.2) is 4.98 Å². The summed E-state index contributed by atoms with van der Waals surface area (Å²) in [6.07, 6.45) is 8.99. The van der Waals surface area contributed by atoms with Crippen molar-refractivity contribution in [2.24, 2.45) is 11.7 Å². The van der Waals surface area contributed by atoms with E-state index in [0.29, 0.717) is 0 Å². The van der Waals surface area contributed by atoms with E-state index in [1.54, 1.807) is 0 Å². The van der Waals surface area contributed by atoms with Gasteiger partial charge in [-0.25, -0.2) is 0 Å². The molecule has 1 aromatic carbocycles. The number of aromatic nitrogens is 1. The Morgan fingerprint density at radius 2 is 2.18 bits per heavy atom. The van der Waals surface area contributed by atoms with Crippen molar-refractivity contribution in [3.63, 3.8) is 0 Å². The van der Waals surface area contributed by atoms with Crippen LogP contribution in [0.1, 0.15) is 37.3 Å². The highest BCUT2D eigenvalue weighted by molar-refractivity contribution is 5.85. The van der Waals surface area contributed by atoms with Crippen molar-refractivity contribution in [1.29, 1.82) is 0 Å². The molecule has 1 saturated carbocycles. The SMILES string of the molecule is NC(CC1CCC1)c1cccc2ccncc12. The maximum absolute atomic E-state index is 6.34. The lowest BCUT2D eigenvalue weighted by molar-refractivity contribution is 0.278. The van der Waals surface area contributed by atoms with Crippen molar-refractivity contribution in [2.75, 3.05) is 0 Å². The molecular weight excluding hydrogens is 208 g/mol. The number of pyridine rings is 1. The Bertz CT molecular complexity index is 512. The zero-order valence-corrected chi connectivity index (χ0v) is 9.97. The molecule has 1 atom stereocenters. The number of nitrogens with two attached hydrogens (primary N) is 1. The van der Waals surface area contributed by atoms with E-state index in [-0.39, 0.29) is 6.04 Å². The van der Waals surface area contributed by atoms with Gasteiger partial charge in [-0.15, -0.1) is 0 Å². The number of fused-ring (bicyclic) bond motifs is 1. The molecule has 1 heterocycles. The molecule has 0 saturated heterocycles. The van der Waals surface area contributed by atoms with Crippen molar-refractivity contribution in [3.8, 4) is 0 Å². The third-order valence-corrected chi connectivity index (χ3v) is 3.93. The molecule has 88 valence electrons. The first kappa shape index (κ1) is 10.7. The molecule has 2 nitrogen and oxygen atoms in total. The first-order chi connectivity index (χ1) is 8.34. The Kier molecular flexibility index (Phi) is 2.81. The van der Waals surface area contributed by atoms with Crippen LogP contribution < -0.4 is 5.73 Å². The van der Waals surface area contributed by atoms with Crippen LogP contribution in [0, 0.1) is 5.92 Å². The summed E-state index contributed by atoms with van der Waals surface area (Å²) < 4.78 is 0. The molecule has 2 N–H and O–H groups in total. The van der Waals surface area contributed by atoms with Crippen LogP contribution >= 0.6 is 0 Å². The van der Waals surface area contributed by atoms with Crippen molar-refractivity contribution in [2.45, 2.75) is 31.7 Å². The minimum Gasteiger partial charge on any atom is -0.324 e. The third-order valence-electron chi connectivity index (χ3n) is 3.93. The molecule has 1 aromatic heterocycles. The van der Waals surface area contributed by atoms with E-state index in [9.17, 15) is 0 Å². The van der Waals surface area contributed by atoms with Crippen LogP contribution in [0.15, 0.2) is 36.7 Å². The first-order valence-electron chi connectivity index (χ1n) is 6.43. The van der Waals surface area contributed by atoms with Crippen molar-refractivity contribution in [3.05, 3.63) is 42.2 Å². The quantitative estimate of drug-likeness (QED) is 0.870. The maximum atomic E-state index is 6.34. The van der Waals surface area contributed by atoms with Gasteiger partial charge >= 0.3 is 0 Å². The molecule has 1 aliphatic rings. The molecule has 0 aliphatic heterocycles. The van der Waals surface area contributed by atoms with E-state index in [0.717, 1.165) is 12.3 Å². The van der Waals surface area contributed by atoms with Gasteiger partial charge in [-0.05, 0) is 29.4 Å². The van der Waals surface area contributed by atoms with Crippen LogP contribution in [0.3, 0.4) is 0 Å². The molecule has 0 amide bonds. The van der Waals surface area contributed by atoms with Gasteiger partial charge in [0.05, 0.1) is 0 Å².